The zero-order valence-corrected chi connectivity index (χ0v) is 15.7. The summed E-state index contributed by atoms with van der Waals surface area (Å²) >= 11 is 0. The highest BCUT2D eigenvalue weighted by molar-refractivity contribution is 7.92. The van der Waals surface area contributed by atoms with E-state index in [1.54, 1.807) is 20.8 Å². The normalized spacial score (nSPS) is 11.7. The number of aromatic nitrogens is 3. The summed E-state index contributed by atoms with van der Waals surface area (Å²) in [4.78, 5) is 3.11. The van der Waals surface area contributed by atoms with Gasteiger partial charge in [0.25, 0.3) is 15.9 Å². The van der Waals surface area contributed by atoms with Gasteiger partial charge in [-0.15, -0.1) is 10.2 Å². The van der Waals surface area contributed by atoms with Crippen molar-refractivity contribution < 1.29 is 17.2 Å². The summed E-state index contributed by atoms with van der Waals surface area (Å²) in [7, 11) is -3.88. The molecular formula is C17H19FN4O3S. The van der Waals surface area contributed by atoms with E-state index in [4.69, 9.17) is 4.42 Å². The van der Waals surface area contributed by atoms with Gasteiger partial charge in [-0.3, -0.25) is 4.72 Å². The number of benzene rings is 1. The zero-order chi connectivity index (χ0) is 19.1. The molecule has 0 aliphatic heterocycles. The van der Waals surface area contributed by atoms with E-state index < -0.39 is 15.8 Å². The van der Waals surface area contributed by atoms with Crippen LogP contribution in [0.15, 0.2) is 27.5 Å². The number of H-pyrrole nitrogens is 1. The van der Waals surface area contributed by atoms with Gasteiger partial charge in [-0.2, -0.15) is 0 Å². The van der Waals surface area contributed by atoms with Gasteiger partial charge in [-0.1, -0.05) is 6.92 Å². The fourth-order valence-electron chi connectivity index (χ4n) is 2.76. The first kappa shape index (κ1) is 18.1. The van der Waals surface area contributed by atoms with E-state index in [-0.39, 0.29) is 16.5 Å². The Bertz CT molecular complexity index is 1070. The van der Waals surface area contributed by atoms with E-state index in [1.165, 1.54) is 18.2 Å². The molecule has 0 aliphatic carbocycles. The number of hydrogen-bond donors (Lipinski definition) is 2. The molecule has 26 heavy (non-hydrogen) atoms. The van der Waals surface area contributed by atoms with Crippen molar-refractivity contribution in [2.24, 2.45) is 0 Å². The number of halogens is 1. The summed E-state index contributed by atoms with van der Waals surface area (Å²) in [5.41, 5.74) is 2.02. The molecule has 3 rings (SSSR count). The van der Waals surface area contributed by atoms with Crippen LogP contribution >= 0.6 is 0 Å². The number of hydrogen-bond acceptors (Lipinski definition) is 5. The number of aryl methyl sites for hydroxylation is 3. The number of nitrogens with zero attached hydrogens (tertiary/aromatic N) is 2. The molecular weight excluding hydrogens is 359 g/mol. The van der Waals surface area contributed by atoms with Crippen LogP contribution in [0.25, 0.3) is 11.6 Å². The van der Waals surface area contributed by atoms with Crippen LogP contribution in [0.4, 0.5) is 10.1 Å². The molecule has 0 radical (unpaired) electrons. The Balaban J connectivity index is 2.01. The van der Waals surface area contributed by atoms with Crippen molar-refractivity contribution >= 4 is 15.7 Å². The molecule has 0 atom stereocenters. The Morgan fingerprint density at radius 2 is 1.96 bits per heavy atom. The topological polar surface area (TPSA) is 101 Å². The molecule has 3 aromatic rings. The molecule has 0 saturated heterocycles. The molecule has 2 aromatic heterocycles. The highest BCUT2D eigenvalue weighted by atomic mass is 32.2. The van der Waals surface area contributed by atoms with E-state index in [9.17, 15) is 12.8 Å². The lowest BCUT2D eigenvalue weighted by Crippen LogP contribution is -2.14. The molecule has 7 nitrogen and oxygen atoms in total. The molecule has 0 fully saturated rings. The van der Waals surface area contributed by atoms with Crippen LogP contribution in [0.5, 0.6) is 0 Å². The minimum absolute atomic E-state index is 0.103. The van der Waals surface area contributed by atoms with Crippen LogP contribution in [0.2, 0.25) is 0 Å². The van der Waals surface area contributed by atoms with Gasteiger partial charge in [-0.25, -0.2) is 12.8 Å². The van der Waals surface area contributed by atoms with Crippen molar-refractivity contribution in [1.82, 2.24) is 15.2 Å². The number of anilines is 1. The molecule has 0 bridgehead atoms. The second-order valence-electron chi connectivity index (χ2n) is 6.00. The molecule has 138 valence electrons. The number of sulfonamides is 1. The summed E-state index contributed by atoms with van der Waals surface area (Å²) in [6.07, 6.45) is 0.586. The first-order valence-corrected chi connectivity index (χ1v) is 9.52. The van der Waals surface area contributed by atoms with Crippen LogP contribution in [0, 0.1) is 26.6 Å². The van der Waals surface area contributed by atoms with Gasteiger partial charge in [0.15, 0.2) is 0 Å². The number of nitrogens with one attached hydrogen (secondary N) is 2. The first-order chi connectivity index (χ1) is 12.2. The number of aromatic amines is 1. The Morgan fingerprint density at radius 3 is 2.58 bits per heavy atom. The van der Waals surface area contributed by atoms with Gasteiger partial charge >= 0.3 is 0 Å². The average Bonchev–Trinajstić information content (AvgIpc) is 3.15. The fraction of sp³-hybridized carbons (Fsp3) is 0.294. The maximum absolute atomic E-state index is 13.4. The summed E-state index contributed by atoms with van der Waals surface area (Å²) in [6.45, 7) is 6.77. The van der Waals surface area contributed by atoms with Gasteiger partial charge in [0.05, 0.1) is 0 Å². The lowest BCUT2D eigenvalue weighted by atomic mass is 10.2. The second-order valence-corrected chi connectivity index (χ2v) is 7.62. The average molecular weight is 378 g/mol. The first-order valence-electron chi connectivity index (χ1n) is 8.03. The van der Waals surface area contributed by atoms with Crippen molar-refractivity contribution in [3.63, 3.8) is 0 Å². The highest BCUT2D eigenvalue weighted by Gasteiger charge is 2.26. The molecule has 2 heterocycles. The van der Waals surface area contributed by atoms with Crippen LogP contribution in [-0.4, -0.2) is 23.6 Å². The lowest BCUT2D eigenvalue weighted by Gasteiger charge is -2.10. The Kier molecular flexibility index (Phi) is 4.57. The van der Waals surface area contributed by atoms with Crippen molar-refractivity contribution in [3.8, 4) is 11.6 Å². The fourth-order valence-corrected chi connectivity index (χ4v) is 4.26. The van der Waals surface area contributed by atoms with E-state index >= 15 is 0 Å². The number of rotatable bonds is 5. The van der Waals surface area contributed by atoms with Crippen molar-refractivity contribution in [1.29, 1.82) is 0 Å². The Morgan fingerprint density at radius 1 is 1.23 bits per heavy atom. The highest BCUT2D eigenvalue weighted by Crippen LogP contribution is 2.31. The Labute approximate surface area is 150 Å². The standard InChI is InChI=1S/C17H19FN4O3S/c1-5-14-20-21-17(25-14)15-10(3)16(11(4)19-15)26(23,24)22-12-6-7-13(18)9(2)8-12/h6-8,19,22H,5H2,1-4H3. The van der Waals surface area contributed by atoms with Crippen LogP contribution in [0.3, 0.4) is 0 Å². The summed E-state index contributed by atoms with van der Waals surface area (Å²) in [5, 5.41) is 7.86. The molecule has 0 aliphatic rings. The minimum atomic E-state index is -3.88. The third kappa shape index (κ3) is 3.22. The molecule has 0 spiro atoms. The molecule has 2 N–H and O–H groups in total. The largest absolute Gasteiger partial charge is 0.419 e. The zero-order valence-electron chi connectivity index (χ0n) is 14.8. The SMILES string of the molecule is CCc1nnc(-c2[nH]c(C)c(S(=O)(=O)Nc3ccc(F)c(C)c3)c2C)o1. The van der Waals surface area contributed by atoms with E-state index in [0.29, 0.717) is 34.8 Å². The predicted molar refractivity (Wildman–Crippen MR) is 94.9 cm³/mol. The van der Waals surface area contributed by atoms with E-state index in [1.807, 2.05) is 6.92 Å². The van der Waals surface area contributed by atoms with Gasteiger partial charge < -0.3 is 9.40 Å². The molecule has 0 amide bonds. The molecule has 1 aromatic carbocycles. The van der Waals surface area contributed by atoms with E-state index in [2.05, 4.69) is 19.9 Å². The Hall–Kier alpha value is -2.68. The third-order valence-electron chi connectivity index (χ3n) is 4.03. The quantitative estimate of drug-likeness (QED) is 0.708. The smallest absolute Gasteiger partial charge is 0.264 e. The maximum Gasteiger partial charge on any atom is 0.264 e. The summed E-state index contributed by atoms with van der Waals surface area (Å²) < 4.78 is 47.1. The van der Waals surface area contributed by atoms with Crippen molar-refractivity contribution in [2.45, 2.75) is 39.0 Å². The summed E-state index contributed by atoms with van der Waals surface area (Å²) in [6, 6.07) is 4.04. The van der Waals surface area contributed by atoms with Gasteiger partial charge in [0, 0.05) is 23.4 Å². The predicted octanol–water partition coefficient (Wildman–Crippen LogP) is 3.49. The van der Waals surface area contributed by atoms with Crippen molar-refractivity contribution in [2.75, 3.05) is 4.72 Å². The van der Waals surface area contributed by atoms with Gasteiger partial charge in [-0.05, 0) is 44.5 Å². The molecule has 0 unspecified atom stereocenters. The molecule has 0 saturated carbocycles. The molecule has 9 heteroatoms. The van der Waals surface area contributed by atoms with Gasteiger partial charge in [0.1, 0.15) is 16.4 Å². The maximum atomic E-state index is 13.4. The third-order valence-corrected chi connectivity index (χ3v) is 5.68. The summed E-state index contributed by atoms with van der Waals surface area (Å²) in [5.74, 6) is 0.310. The lowest BCUT2D eigenvalue weighted by molar-refractivity contribution is 0.511. The van der Waals surface area contributed by atoms with Crippen molar-refractivity contribution in [3.05, 3.63) is 46.7 Å². The van der Waals surface area contributed by atoms with Crippen LogP contribution in [0.1, 0.15) is 29.6 Å². The second kappa shape index (κ2) is 6.56. The minimum Gasteiger partial charge on any atom is -0.419 e. The van der Waals surface area contributed by atoms with Crippen LogP contribution < -0.4 is 4.72 Å². The monoisotopic (exact) mass is 378 g/mol. The van der Waals surface area contributed by atoms with Crippen LogP contribution in [-0.2, 0) is 16.4 Å². The van der Waals surface area contributed by atoms with Gasteiger partial charge in [0.2, 0.25) is 5.89 Å². The van der Waals surface area contributed by atoms with E-state index in [0.717, 1.165) is 0 Å².